The molecule has 96 valence electrons. The maximum atomic E-state index is 13.3. The van der Waals surface area contributed by atoms with Crippen LogP contribution in [0, 0.1) is 0 Å². The molecular weight excluding hydrogens is 255 g/mol. The van der Waals surface area contributed by atoms with Crippen molar-refractivity contribution in [2.75, 3.05) is 0 Å². The van der Waals surface area contributed by atoms with Gasteiger partial charge in [0.25, 0.3) is 0 Å². The Morgan fingerprint density at radius 1 is 0.833 bits per heavy atom. The maximum absolute atomic E-state index is 13.3. The van der Waals surface area contributed by atoms with E-state index in [1.807, 2.05) is 0 Å². The second-order valence-corrected chi connectivity index (χ2v) is 3.75. The first-order valence-electron chi connectivity index (χ1n) is 4.91. The quantitative estimate of drug-likeness (QED) is 0.763. The Bertz CT molecular complexity index is 583. The third-order valence-electron chi connectivity index (χ3n) is 2.58. The van der Waals surface area contributed by atoms with E-state index in [4.69, 9.17) is 0 Å². The standard InChI is InChI=1S/C12H7F5O/c13-11(14,12(15,16)17)8-5-1-3-7-4-2-6-9(18)10(7)8/h1-6,18H. The van der Waals surface area contributed by atoms with Gasteiger partial charge in [0.2, 0.25) is 0 Å². The Kier molecular flexibility index (Phi) is 2.68. The van der Waals surface area contributed by atoms with Crippen LogP contribution in [0.2, 0.25) is 0 Å². The summed E-state index contributed by atoms with van der Waals surface area (Å²) in [4.78, 5) is 0. The number of aromatic hydroxyl groups is 1. The molecule has 0 saturated carbocycles. The Labute approximate surface area is 98.5 Å². The van der Waals surface area contributed by atoms with Gasteiger partial charge in [-0.2, -0.15) is 22.0 Å². The molecule has 0 fully saturated rings. The smallest absolute Gasteiger partial charge is 0.458 e. The minimum atomic E-state index is -5.70. The molecule has 2 aromatic rings. The van der Waals surface area contributed by atoms with Crippen molar-refractivity contribution >= 4 is 10.8 Å². The van der Waals surface area contributed by atoms with Crippen LogP contribution in [-0.2, 0) is 5.92 Å². The monoisotopic (exact) mass is 262 g/mol. The minimum absolute atomic E-state index is 0.122. The van der Waals surface area contributed by atoms with Crippen LogP contribution in [0.5, 0.6) is 5.75 Å². The molecule has 0 amide bonds. The van der Waals surface area contributed by atoms with E-state index in [0.29, 0.717) is 6.07 Å². The van der Waals surface area contributed by atoms with Gasteiger partial charge < -0.3 is 5.11 Å². The third-order valence-corrected chi connectivity index (χ3v) is 2.58. The molecule has 0 bridgehead atoms. The number of phenolic OH excluding ortho intramolecular Hbond substituents is 1. The lowest BCUT2D eigenvalue weighted by molar-refractivity contribution is -0.288. The van der Waals surface area contributed by atoms with E-state index in [1.54, 1.807) is 0 Å². The number of alkyl halides is 5. The fourth-order valence-electron chi connectivity index (χ4n) is 1.74. The molecule has 1 N–H and O–H groups in total. The molecule has 0 unspecified atom stereocenters. The van der Waals surface area contributed by atoms with Gasteiger partial charge in [-0.05, 0) is 11.5 Å². The maximum Gasteiger partial charge on any atom is 0.458 e. The minimum Gasteiger partial charge on any atom is -0.507 e. The van der Waals surface area contributed by atoms with Crippen LogP contribution in [0.1, 0.15) is 5.56 Å². The van der Waals surface area contributed by atoms with Crippen molar-refractivity contribution in [2.24, 2.45) is 0 Å². The zero-order chi connectivity index (χ0) is 13.6. The topological polar surface area (TPSA) is 20.2 Å². The summed E-state index contributed by atoms with van der Waals surface area (Å²) in [6, 6.07) is 6.90. The highest BCUT2D eigenvalue weighted by Gasteiger charge is 2.59. The molecule has 0 spiro atoms. The molecule has 2 aromatic carbocycles. The van der Waals surface area contributed by atoms with Crippen LogP contribution >= 0.6 is 0 Å². The first-order chi connectivity index (χ1) is 8.25. The summed E-state index contributed by atoms with van der Waals surface area (Å²) < 4.78 is 63.7. The number of hydrogen-bond donors (Lipinski definition) is 1. The molecule has 2 rings (SSSR count). The predicted molar refractivity (Wildman–Crippen MR) is 55.6 cm³/mol. The van der Waals surface area contributed by atoms with Crippen molar-refractivity contribution in [1.82, 2.24) is 0 Å². The average molecular weight is 262 g/mol. The van der Waals surface area contributed by atoms with E-state index in [-0.39, 0.29) is 5.39 Å². The second-order valence-electron chi connectivity index (χ2n) is 3.75. The van der Waals surface area contributed by atoms with Gasteiger partial charge in [-0.15, -0.1) is 0 Å². The molecule has 0 aliphatic carbocycles. The number of fused-ring (bicyclic) bond motifs is 1. The Morgan fingerprint density at radius 2 is 1.39 bits per heavy atom. The van der Waals surface area contributed by atoms with Crippen LogP contribution in [0.15, 0.2) is 36.4 Å². The summed E-state index contributed by atoms with van der Waals surface area (Å²) in [6.45, 7) is 0. The van der Waals surface area contributed by atoms with Gasteiger partial charge >= 0.3 is 12.1 Å². The van der Waals surface area contributed by atoms with Gasteiger partial charge in [0, 0.05) is 10.9 Å². The van der Waals surface area contributed by atoms with E-state index >= 15 is 0 Å². The fourth-order valence-corrected chi connectivity index (χ4v) is 1.74. The summed E-state index contributed by atoms with van der Waals surface area (Å²) in [5.41, 5.74) is -1.24. The molecule has 6 heteroatoms. The van der Waals surface area contributed by atoms with E-state index in [0.717, 1.165) is 12.1 Å². The summed E-state index contributed by atoms with van der Waals surface area (Å²) >= 11 is 0. The molecule has 0 radical (unpaired) electrons. The first kappa shape index (κ1) is 12.6. The number of halogens is 5. The number of hydrogen-bond acceptors (Lipinski definition) is 1. The number of benzene rings is 2. The Hall–Kier alpha value is -1.85. The molecule has 18 heavy (non-hydrogen) atoms. The van der Waals surface area contributed by atoms with Crippen molar-refractivity contribution < 1.29 is 27.1 Å². The fraction of sp³-hybridized carbons (Fsp3) is 0.167. The summed E-state index contributed by atoms with van der Waals surface area (Å²) in [7, 11) is 0. The lowest BCUT2D eigenvalue weighted by Crippen LogP contribution is -2.33. The summed E-state index contributed by atoms with van der Waals surface area (Å²) in [6.07, 6.45) is -5.70. The Morgan fingerprint density at radius 3 is 1.94 bits per heavy atom. The third kappa shape index (κ3) is 1.77. The molecular formula is C12H7F5O. The highest BCUT2D eigenvalue weighted by atomic mass is 19.4. The van der Waals surface area contributed by atoms with Gasteiger partial charge in [0.15, 0.2) is 0 Å². The normalized spacial score (nSPS) is 12.9. The van der Waals surface area contributed by atoms with Gasteiger partial charge in [-0.1, -0.05) is 30.3 Å². The van der Waals surface area contributed by atoms with Gasteiger partial charge in [0.05, 0.1) is 0 Å². The predicted octanol–water partition coefficient (Wildman–Crippen LogP) is 4.20. The Balaban J connectivity index is 2.80. The van der Waals surface area contributed by atoms with Crippen molar-refractivity contribution in [3.63, 3.8) is 0 Å². The van der Waals surface area contributed by atoms with E-state index in [1.165, 1.54) is 18.2 Å². The lowest BCUT2D eigenvalue weighted by atomic mass is 9.98. The number of rotatable bonds is 1. The number of phenols is 1. The highest BCUT2D eigenvalue weighted by molar-refractivity contribution is 5.91. The molecule has 0 atom stereocenters. The molecule has 0 aliphatic heterocycles. The molecule has 0 aromatic heterocycles. The van der Waals surface area contributed by atoms with Crippen LogP contribution < -0.4 is 0 Å². The van der Waals surface area contributed by atoms with Gasteiger partial charge in [-0.3, -0.25) is 0 Å². The first-order valence-corrected chi connectivity index (χ1v) is 4.91. The molecule has 0 aliphatic rings. The average Bonchev–Trinajstić information content (AvgIpc) is 2.27. The van der Waals surface area contributed by atoms with Crippen LogP contribution in [0.4, 0.5) is 22.0 Å². The van der Waals surface area contributed by atoms with Crippen LogP contribution in [0.25, 0.3) is 10.8 Å². The second kappa shape index (κ2) is 3.83. The lowest BCUT2D eigenvalue weighted by Gasteiger charge is -2.21. The zero-order valence-corrected chi connectivity index (χ0v) is 8.80. The largest absolute Gasteiger partial charge is 0.507 e. The van der Waals surface area contributed by atoms with E-state index in [9.17, 15) is 27.1 Å². The summed E-state index contributed by atoms with van der Waals surface area (Å²) in [5.74, 6) is -5.61. The van der Waals surface area contributed by atoms with Crippen molar-refractivity contribution in [3.05, 3.63) is 42.0 Å². The van der Waals surface area contributed by atoms with E-state index in [2.05, 4.69) is 0 Å². The van der Waals surface area contributed by atoms with Gasteiger partial charge in [-0.25, -0.2) is 0 Å². The van der Waals surface area contributed by atoms with E-state index < -0.39 is 28.8 Å². The van der Waals surface area contributed by atoms with Crippen molar-refractivity contribution in [3.8, 4) is 5.75 Å². The molecule has 0 saturated heterocycles. The van der Waals surface area contributed by atoms with Crippen LogP contribution in [-0.4, -0.2) is 11.3 Å². The zero-order valence-electron chi connectivity index (χ0n) is 8.80. The van der Waals surface area contributed by atoms with Crippen LogP contribution in [0.3, 0.4) is 0 Å². The highest BCUT2D eigenvalue weighted by Crippen LogP contribution is 2.47. The van der Waals surface area contributed by atoms with Gasteiger partial charge in [0.1, 0.15) is 5.75 Å². The van der Waals surface area contributed by atoms with Crippen molar-refractivity contribution in [1.29, 1.82) is 0 Å². The molecule has 0 heterocycles. The van der Waals surface area contributed by atoms with Crippen molar-refractivity contribution in [2.45, 2.75) is 12.1 Å². The summed E-state index contributed by atoms with van der Waals surface area (Å²) in [5, 5.41) is 9.12. The SMILES string of the molecule is Oc1cccc2cccc(C(F)(F)C(F)(F)F)c12. The molecule has 1 nitrogen and oxygen atoms in total.